The van der Waals surface area contributed by atoms with Gasteiger partial charge in [0.25, 0.3) is 0 Å². The van der Waals surface area contributed by atoms with Crippen LogP contribution in [0.15, 0.2) is 18.2 Å². The highest BCUT2D eigenvalue weighted by Gasteiger charge is 2.26. The molecule has 26 heavy (non-hydrogen) atoms. The maximum absolute atomic E-state index is 12.1. The Morgan fingerprint density at radius 1 is 1.19 bits per heavy atom. The summed E-state index contributed by atoms with van der Waals surface area (Å²) >= 11 is 0. The molecule has 4 N–H and O–H groups in total. The third-order valence-corrected chi connectivity index (χ3v) is 4.39. The first kappa shape index (κ1) is 17.6. The van der Waals surface area contributed by atoms with E-state index in [4.69, 9.17) is 5.11 Å². The van der Waals surface area contributed by atoms with E-state index < -0.39 is 6.09 Å². The molecule has 0 spiro atoms. The molecule has 1 aliphatic heterocycles. The third kappa shape index (κ3) is 4.26. The van der Waals surface area contributed by atoms with E-state index >= 15 is 0 Å². The zero-order chi connectivity index (χ0) is 18.5. The van der Waals surface area contributed by atoms with Gasteiger partial charge in [0, 0.05) is 37.7 Å². The summed E-state index contributed by atoms with van der Waals surface area (Å²) in [6.07, 6.45) is 0.199. The minimum Gasteiger partial charge on any atom is -0.465 e. The zero-order valence-corrected chi connectivity index (χ0v) is 14.1. The van der Waals surface area contributed by atoms with E-state index in [0.717, 1.165) is 0 Å². The molecule has 2 aromatic rings. The Kier molecular flexibility index (Phi) is 5.30. The number of carbonyl (C=O) groups excluding carboxylic acids is 2. The number of aromatic nitrogens is 3. The predicted molar refractivity (Wildman–Crippen MR) is 92.5 cm³/mol. The van der Waals surface area contributed by atoms with Crippen LogP contribution < -0.4 is 10.6 Å². The highest BCUT2D eigenvalue weighted by molar-refractivity contribution is 5.93. The standard InChI is InChI=1S/C16H20N6O4/c23-14(18-11-1-2-12-13(9-11)20-21-19-12)3-6-17-15(24)10-4-7-22(8-5-10)16(25)26/h1-2,9-10H,3-8H2,(H,17,24)(H,18,23)(H,25,26)(H,19,20,21). The highest BCUT2D eigenvalue weighted by atomic mass is 16.4. The van der Waals surface area contributed by atoms with Crippen molar-refractivity contribution in [3.05, 3.63) is 18.2 Å². The fraction of sp³-hybridized carbons (Fsp3) is 0.438. The zero-order valence-electron chi connectivity index (χ0n) is 14.1. The number of rotatable bonds is 5. The first-order chi connectivity index (χ1) is 12.5. The van der Waals surface area contributed by atoms with Crippen LogP contribution in [0, 0.1) is 5.92 Å². The van der Waals surface area contributed by atoms with Crippen LogP contribution >= 0.6 is 0 Å². The van der Waals surface area contributed by atoms with Crippen molar-refractivity contribution in [3.63, 3.8) is 0 Å². The number of benzene rings is 1. The van der Waals surface area contributed by atoms with Crippen molar-refractivity contribution < 1.29 is 19.5 Å². The van der Waals surface area contributed by atoms with Crippen LogP contribution in [0.25, 0.3) is 11.0 Å². The molecule has 1 aliphatic rings. The second kappa shape index (κ2) is 7.81. The lowest BCUT2D eigenvalue weighted by atomic mass is 9.96. The van der Waals surface area contributed by atoms with Gasteiger partial charge in [-0.3, -0.25) is 9.59 Å². The molecule has 0 unspecified atom stereocenters. The average Bonchev–Trinajstić information content (AvgIpc) is 3.09. The molecule has 10 heteroatoms. The second-order valence-electron chi connectivity index (χ2n) is 6.16. The summed E-state index contributed by atoms with van der Waals surface area (Å²) in [5, 5.41) is 24.8. The number of fused-ring (bicyclic) bond motifs is 1. The summed E-state index contributed by atoms with van der Waals surface area (Å²) in [4.78, 5) is 36.3. The van der Waals surface area contributed by atoms with Crippen molar-refractivity contribution in [1.29, 1.82) is 0 Å². The topological polar surface area (TPSA) is 140 Å². The molecule has 3 rings (SSSR count). The van der Waals surface area contributed by atoms with Gasteiger partial charge in [0.2, 0.25) is 11.8 Å². The number of carboxylic acid groups (broad SMARTS) is 1. The summed E-state index contributed by atoms with van der Waals surface area (Å²) in [5.74, 6) is -0.552. The SMILES string of the molecule is O=C(CCNC(=O)C1CCN(C(=O)O)CC1)Nc1ccc2n[nH]nc2c1. The van der Waals surface area contributed by atoms with Crippen molar-refractivity contribution in [2.75, 3.05) is 25.0 Å². The van der Waals surface area contributed by atoms with Gasteiger partial charge >= 0.3 is 6.09 Å². The number of amides is 3. The Labute approximate surface area is 148 Å². The largest absolute Gasteiger partial charge is 0.465 e. The van der Waals surface area contributed by atoms with Crippen molar-refractivity contribution in [2.45, 2.75) is 19.3 Å². The van der Waals surface area contributed by atoms with E-state index in [2.05, 4.69) is 26.0 Å². The van der Waals surface area contributed by atoms with Crippen LogP contribution in [0.2, 0.25) is 0 Å². The van der Waals surface area contributed by atoms with Crippen LogP contribution in [0.3, 0.4) is 0 Å². The minimum atomic E-state index is -0.954. The second-order valence-corrected chi connectivity index (χ2v) is 6.16. The first-order valence-corrected chi connectivity index (χ1v) is 8.39. The number of hydrogen-bond acceptors (Lipinski definition) is 5. The lowest BCUT2D eigenvalue weighted by molar-refractivity contribution is -0.126. The normalized spacial score (nSPS) is 15.0. The van der Waals surface area contributed by atoms with E-state index in [1.807, 2.05) is 0 Å². The third-order valence-electron chi connectivity index (χ3n) is 4.39. The van der Waals surface area contributed by atoms with Gasteiger partial charge in [-0.1, -0.05) is 0 Å². The van der Waals surface area contributed by atoms with Gasteiger partial charge in [-0.05, 0) is 31.0 Å². The minimum absolute atomic E-state index is 0.133. The number of likely N-dealkylation sites (tertiary alicyclic amines) is 1. The molecule has 0 radical (unpaired) electrons. The Hall–Kier alpha value is -3.17. The Morgan fingerprint density at radius 2 is 1.92 bits per heavy atom. The van der Waals surface area contributed by atoms with Gasteiger partial charge in [0.1, 0.15) is 11.0 Å². The van der Waals surface area contributed by atoms with E-state index in [0.29, 0.717) is 42.7 Å². The Bertz CT molecular complexity index is 812. The summed E-state index contributed by atoms with van der Waals surface area (Å²) in [6.45, 7) is 0.951. The molecule has 1 saturated heterocycles. The quantitative estimate of drug-likeness (QED) is 0.621. The van der Waals surface area contributed by atoms with Crippen LogP contribution in [0.5, 0.6) is 0 Å². The summed E-state index contributed by atoms with van der Waals surface area (Å²) in [7, 11) is 0. The monoisotopic (exact) mass is 360 g/mol. The molecule has 3 amide bonds. The number of H-pyrrole nitrogens is 1. The number of carbonyl (C=O) groups is 3. The van der Waals surface area contributed by atoms with Crippen molar-refractivity contribution in [2.24, 2.45) is 5.92 Å². The van der Waals surface area contributed by atoms with E-state index in [-0.39, 0.29) is 30.7 Å². The van der Waals surface area contributed by atoms with E-state index in [1.54, 1.807) is 18.2 Å². The van der Waals surface area contributed by atoms with Gasteiger partial charge < -0.3 is 20.6 Å². The molecule has 0 atom stereocenters. The number of anilines is 1. The highest BCUT2D eigenvalue weighted by Crippen LogP contribution is 2.17. The first-order valence-electron chi connectivity index (χ1n) is 8.39. The molecule has 10 nitrogen and oxygen atoms in total. The average molecular weight is 360 g/mol. The van der Waals surface area contributed by atoms with Gasteiger partial charge in [-0.15, -0.1) is 0 Å². The number of nitrogens with one attached hydrogen (secondary N) is 3. The molecular formula is C16H20N6O4. The smallest absolute Gasteiger partial charge is 0.407 e. The number of piperidine rings is 1. The number of hydrogen-bond donors (Lipinski definition) is 4. The maximum atomic E-state index is 12.1. The molecular weight excluding hydrogens is 340 g/mol. The van der Waals surface area contributed by atoms with Gasteiger partial charge in [-0.2, -0.15) is 15.4 Å². The van der Waals surface area contributed by atoms with Crippen LogP contribution in [0.1, 0.15) is 19.3 Å². The van der Waals surface area contributed by atoms with E-state index in [9.17, 15) is 14.4 Å². The molecule has 1 aromatic carbocycles. The number of nitrogens with zero attached hydrogens (tertiary/aromatic N) is 3. The fourth-order valence-electron chi connectivity index (χ4n) is 2.92. The van der Waals surface area contributed by atoms with Crippen molar-refractivity contribution in [3.8, 4) is 0 Å². The van der Waals surface area contributed by atoms with Crippen LogP contribution in [-0.2, 0) is 9.59 Å². The molecule has 0 aliphatic carbocycles. The summed E-state index contributed by atoms with van der Waals surface area (Å²) < 4.78 is 0. The molecule has 0 saturated carbocycles. The van der Waals surface area contributed by atoms with Crippen LogP contribution in [-0.4, -0.2) is 63.0 Å². The van der Waals surface area contributed by atoms with Gasteiger partial charge in [0.05, 0.1) is 0 Å². The molecule has 2 heterocycles. The summed E-state index contributed by atoms with van der Waals surface area (Å²) in [6, 6.07) is 5.20. The lowest BCUT2D eigenvalue weighted by Gasteiger charge is -2.29. The molecule has 138 valence electrons. The van der Waals surface area contributed by atoms with E-state index in [1.165, 1.54) is 4.90 Å². The molecule has 0 bridgehead atoms. The summed E-state index contributed by atoms with van der Waals surface area (Å²) in [5.41, 5.74) is 1.98. The molecule has 1 fully saturated rings. The van der Waals surface area contributed by atoms with Crippen molar-refractivity contribution >= 4 is 34.6 Å². The predicted octanol–water partition coefficient (Wildman–Crippen LogP) is 0.793. The number of aromatic amines is 1. The van der Waals surface area contributed by atoms with Crippen molar-refractivity contribution in [1.82, 2.24) is 25.6 Å². The van der Waals surface area contributed by atoms with Gasteiger partial charge in [0.15, 0.2) is 0 Å². The van der Waals surface area contributed by atoms with Gasteiger partial charge in [-0.25, -0.2) is 4.79 Å². The lowest BCUT2D eigenvalue weighted by Crippen LogP contribution is -2.42. The maximum Gasteiger partial charge on any atom is 0.407 e. The Morgan fingerprint density at radius 3 is 2.65 bits per heavy atom. The fourth-order valence-corrected chi connectivity index (χ4v) is 2.92. The Balaban J connectivity index is 1.39. The van der Waals surface area contributed by atoms with Crippen LogP contribution in [0.4, 0.5) is 10.5 Å². The molecule has 1 aromatic heterocycles.